The Morgan fingerprint density at radius 3 is 2.17 bits per heavy atom. The van der Waals surface area contributed by atoms with Crippen molar-refractivity contribution in [3.8, 4) is 5.75 Å². The van der Waals surface area contributed by atoms with E-state index in [1.165, 1.54) is 26.0 Å². The summed E-state index contributed by atoms with van der Waals surface area (Å²) in [7, 11) is 1.72. The Hall–Kier alpha value is -3.59. The fourth-order valence-corrected chi connectivity index (χ4v) is 5.01. The fourth-order valence-electron chi connectivity index (χ4n) is 5.01. The minimum Gasteiger partial charge on any atom is -0.407 e. The second-order valence-corrected chi connectivity index (χ2v) is 10.4. The molecule has 1 N–H and O–H groups in total. The summed E-state index contributed by atoms with van der Waals surface area (Å²) in [5, 5.41) is 10.6. The number of likely N-dealkylation sites (N-methyl/N-ethyl adjacent to an activating group) is 1. The number of β-amino-alcohol motifs (C(OH)–C–C–N with tert-alkyl or cyclic N) is 1. The molecule has 0 atom stereocenters. The lowest BCUT2D eigenvalue weighted by atomic mass is 9.94. The molecule has 2 aromatic carbocycles. The molecular weight excluding hydrogens is 565 g/mol. The van der Waals surface area contributed by atoms with Crippen LogP contribution >= 0.6 is 0 Å². The summed E-state index contributed by atoms with van der Waals surface area (Å²) in [5.74, 6) is -1.94. The Labute approximate surface area is 230 Å². The summed E-state index contributed by atoms with van der Waals surface area (Å²) in [5.41, 5.74) is -5.76. The first-order valence-corrected chi connectivity index (χ1v) is 12.5. The molecule has 0 aliphatic carbocycles. The van der Waals surface area contributed by atoms with E-state index in [0.29, 0.717) is 11.0 Å². The van der Waals surface area contributed by atoms with Crippen LogP contribution in [-0.4, -0.2) is 78.4 Å². The number of hydrogen-bond donors (Lipinski definition) is 1. The van der Waals surface area contributed by atoms with Gasteiger partial charge in [0.1, 0.15) is 17.0 Å². The first kappa shape index (κ1) is 30.4. The third kappa shape index (κ3) is 6.35. The summed E-state index contributed by atoms with van der Waals surface area (Å²) in [6, 6.07) is 2.82. The van der Waals surface area contributed by atoms with E-state index in [0.717, 1.165) is 21.9 Å². The van der Waals surface area contributed by atoms with Crippen LogP contribution in [0.3, 0.4) is 0 Å². The molecule has 2 aliphatic heterocycles. The number of benzene rings is 2. The van der Waals surface area contributed by atoms with Crippen LogP contribution in [0, 0.1) is 5.82 Å². The Bertz CT molecular complexity index is 1310. The lowest BCUT2D eigenvalue weighted by Crippen LogP contribution is -2.65. The quantitative estimate of drug-likeness (QED) is 0.467. The summed E-state index contributed by atoms with van der Waals surface area (Å²) >= 11 is 0. The molecule has 0 spiro atoms. The second kappa shape index (κ2) is 10.7. The molecule has 15 heteroatoms. The Morgan fingerprint density at radius 2 is 1.66 bits per heavy atom. The van der Waals surface area contributed by atoms with Crippen molar-refractivity contribution in [2.75, 3.05) is 49.6 Å². The van der Waals surface area contributed by atoms with E-state index in [1.54, 1.807) is 11.9 Å². The smallest absolute Gasteiger partial charge is 0.407 e. The normalized spacial score (nSPS) is 17.7. The molecule has 2 aliphatic rings. The summed E-state index contributed by atoms with van der Waals surface area (Å²) < 4.78 is 102. The zero-order valence-electron chi connectivity index (χ0n) is 22.2. The molecule has 0 unspecified atom stereocenters. The van der Waals surface area contributed by atoms with Crippen LogP contribution in [0.15, 0.2) is 36.4 Å². The molecule has 8 nitrogen and oxygen atoms in total. The van der Waals surface area contributed by atoms with Gasteiger partial charge in [-0.05, 0) is 57.3 Å². The van der Waals surface area contributed by atoms with Gasteiger partial charge in [-0.3, -0.25) is 9.80 Å². The number of aliphatic hydroxyl groups is 1. The molecule has 0 aromatic heterocycles. The fraction of sp³-hybridized carbons (Fsp3) is 0.462. The van der Waals surface area contributed by atoms with Gasteiger partial charge in [0, 0.05) is 37.9 Å². The van der Waals surface area contributed by atoms with Crippen LogP contribution in [0.5, 0.6) is 5.75 Å². The molecule has 3 amide bonds. The summed E-state index contributed by atoms with van der Waals surface area (Å²) in [6.45, 7) is 2.79. The third-order valence-electron chi connectivity index (χ3n) is 6.71. The first-order valence-electron chi connectivity index (χ1n) is 12.5. The maximum Gasteiger partial charge on any atom is 0.420 e. The van der Waals surface area contributed by atoms with Gasteiger partial charge in [-0.2, -0.15) is 26.3 Å². The van der Waals surface area contributed by atoms with Crippen molar-refractivity contribution in [3.05, 3.63) is 53.3 Å². The second-order valence-electron chi connectivity index (χ2n) is 10.4. The van der Waals surface area contributed by atoms with Gasteiger partial charge in [-0.15, -0.1) is 0 Å². The molecule has 41 heavy (non-hydrogen) atoms. The number of alkyl halides is 6. The van der Waals surface area contributed by atoms with E-state index in [2.05, 4.69) is 0 Å². The van der Waals surface area contributed by atoms with Crippen molar-refractivity contribution in [3.63, 3.8) is 0 Å². The van der Waals surface area contributed by atoms with E-state index in [1.807, 2.05) is 0 Å². The SMILES string of the molecule is CC(C)N(C(=O)Oc1c(N2CCN(CC3(O)CN(C)C3)C2=O)cc(C(F)(F)F)cc1C(F)(F)F)c1ccc(F)cc1. The molecule has 4 rings (SSSR count). The van der Waals surface area contributed by atoms with E-state index in [-0.39, 0.29) is 44.5 Å². The highest BCUT2D eigenvalue weighted by molar-refractivity contribution is 5.98. The number of carbonyl (C=O) groups is 2. The molecule has 0 saturated carbocycles. The maximum atomic E-state index is 14.2. The van der Waals surface area contributed by atoms with Crippen LogP contribution in [0.4, 0.5) is 51.7 Å². The number of nitrogens with zero attached hydrogens (tertiary/aromatic N) is 4. The number of amides is 3. The van der Waals surface area contributed by atoms with Gasteiger partial charge in [-0.25, -0.2) is 14.0 Å². The molecular formula is C26H27F7N4O4. The lowest BCUT2D eigenvalue weighted by molar-refractivity contribution is -0.143. The van der Waals surface area contributed by atoms with Crippen LogP contribution in [-0.2, 0) is 12.4 Å². The van der Waals surface area contributed by atoms with Crippen molar-refractivity contribution < 1.29 is 50.2 Å². The van der Waals surface area contributed by atoms with Crippen LogP contribution in [0.2, 0.25) is 0 Å². The van der Waals surface area contributed by atoms with Crippen LogP contribution in [0.25, 0.3) is 0 Å². The number of urea groups is 1. The number of hydrogen-bond acceptors (Lipinski definition) is 5. The standard InChI is InChI=1S/C26H27F7N4O4/c1-15(2)37(18-6-4-17(27)5-7-18)23(39)41-21-19(26(31,32)33)10-16(25(28,29)30)11-20(21)36-9-8-35(22(36)38)14-24(40)12-34(3)13-24/h4-7,10-11,15,40H,8-9,12-14H2,1-3H3. The van der Waals surface area contributed by atoms with Gasteiger partial charge in [0.2, 0.25) is 0 Å². The highest BCUT2D eigenvalue weighted by Gasteiger charge is 2.46. The Kier molecular flexibility index (Phi) is 7.90. The van der Waals surface area contributed by atoms with Gasteiger partial charge < -0.3 is 19.6 Å². The molecule has 2 aromatic rings. The van der Waals surface area contributed by atoms with Crippen molar-refractivity contribution in [2.24, 2.45) is 0 Å². The molecule has 0 bridgehead atoms. The molecule has 2 saturated heterocycles. The highest BCUT2D eigenvalue weighted by atomic mass is 19.4. The number of carbonyl (C=O) groups excluding carboxylic acids is 2. The zero-order chi connectivity index (χ0) is 30.5. The van der Waals surface area contributed by atoms with Gasteiger partial charge >= 0.3 is 24.5 Å². The van der Waals surface area contributed by atoms with Crippen molar-refractivity contribution in [1.82, 2.24) is 9.80 Å². The number of likely N-dealkylation sites (tertiary alicyclic amines) is 1. The zero-order valence-corrected chi connectivity index (χ0v) is 22.2. The largest absolute Gasteiger partial charge is 0.420 e. The van der Waals surface area contributed by atoms with Crippen LogP contribution in [0.1, 0.15) is 25.0 Å². The average molecular weight is 593 g/mol. The average Bonchev–Trinajstić information content (AvgIpc) is 3.17. The van der Waals surface area contributed by atoms with Gasteiger partial charge in [0.05, 0.1) is 17.8 Å². The predicted molar refractivity (Wildman–Crippen MR) is 133 cm³/mol. The van der Waals surface area contributed by atoms with Gasteiger partial charge in [0.15, 0.2) is 5.75 Å². The van der Waals surface area contributed by atoms with Gasteiger partial charge in [-0.1, -0.05) is 0 Å². The van der Waals surface area contributed by atoms with E-state index < -0.39 is 64.5 Å². The minimum atomic E-state index is -5.42. The number of rotatable bonds is 6. The van der Waals surface area contributed by atoms with Crippen molar-refractivity contribution >= 4 is 23.5 Å². The lowest BCUT2D eigenvalue weighted by Gasteiger charge is -2.46. The van der Waals surface area contributed by atoms with E-state index in [4.69, 9.17) is 4.74 Å². The van der Waals surface area contributed by atoms with Crippen molar-refractivity contribution in [2.45, 2.75) is 37.8 Å². The van der Waals surface area contributed by atoms with Crippen molar-refractivity contribution in [1.29, 1.82) is 0 Å². The predicted octanol–water partition coefficient (Wildman–Crippen LogP) is 5.20. The first-order chi connectivity index (χ1) is 18.9. The highest BCUT2D eigenvalue weighted by Crippen LogP contribution is 2.47. The number of ether oxygens (including phenoxy) is 1. The molecule has 224 valence electrons. The minimum absolute atomic E-state index is 0.0514. The number of anilines is 2. The third-order valence-corrected chi connectivity index (χ3v) is 6.71. The topological polar surface area (TPSA) is 76.6 Å². The van der Waals surface area contributed by atoms with Gasteiger partial charge in [0.25, 0.3) is 0 Å². The molecule has 2 heterocycles. The maximum absolute atomic E-state index is 14.2. The monoisotopic (exact) mass is 592 g/mol. The Balaban J connectivity index is 1.78. The van der Waals surface area contributed by atoms with E-state index in [9.17, 15) is 45.4 Å². The van der Waals surface area contributed by atoms with Crippen LogP contribution < -0.4 is 14.5 Å². The molecule has 2 fully saturated rings. The Morgan fingerprint density at radius 1 is 1.05 bits per heavy atom. The van der Waals surface area contributed by atoms with E-state index >= 15 is 0 Å². The number of halogens is 7. The summed E-state index contributed by atoms with van der Waals surface area (Å²) in [6.07, 6.45) is -12.0. The summed E-state index contributed by atoms with van der Waals surface area (Å²) in [4.78, 5) is 30.9. The molecule has 0 radical (unpaired) electrons.